The fraction of sp³-hybridized carbons (Fsp3) is 0.938. The second kappa shape index (κ2) is 7.07. The van der Waals surface area contributed by atoms with Crippen LogP contribution in [-0.4, -0.2) is 66.1 Å². The lowest BCUT2D eigenvalue weighted by molar-refractivity contribution is -0.125. The van der Waals surface area contributed by atoms with Crippen LogP contribution >= 0.6 is 0 Å². The van der Waals surface area contributed by atoms with Gasteiger partial charge in [0, 0.05) is 44.8 Å². The summed E-state index contributed by atoms with van der Waals surface area (Å²) in [5.41, 5.74) is 4.99. The first kappa shape index (κ1) is 16.7. The van der Waals surface area contributed by atoms with E-state index in [1.165, 1.54) is 25.7 Å². The molecule has 5 heteroatoms. The number of piperazine rings is 1. The summed E-state index contributed by atoms with van der Waals surface area (Å²) >= 11 is 0. The Kier molecular flexibility index (Phi) is 5.63. The zero-order chi connectivity index (χ0) is 15.5. The molecule has 0 spiro atoms. The van der Waals surface area contributed by atoms with Gasteiger partial charge in [-0.2, -0.15) is 0 Å². The van der Waals surface area contributed by atoms with E-state index in [9.17, 15) is 4.79 Å². The SMILES string of the molecule is CC(C)NC(C)(CN1CCN(C2CCCC2)CC1)C(N)=O. The zero-order valence-electron chi connectivity index (χ0n) is 13.9. The van der Waals surface area contributed by atoms with Gasteiger partial charge in [0.2, 0.25) is 5.91 Å². The number of hydrogen-bond acceptors (Lipinski definition) is 4. The number of nitrogens with two attached hydrogens (primary N) is 1. The summed E-state index contributed by atoms with van der Waals surface area (Å²) in [6.07, 6.45) is 5.52. The number of nitrogens with zero attached hydrogens (tertiary/aromatic N) is 2. The lowest BCUT2D eigenvalue weighted by Crippen LogP contribution is -2.63. The predicted octanol–water partition coefficient (Wildman–Crippen LogP) is 0.789. The van der Waals surface area contributed by atoms with Crippen molar-refractivity contribution in [3.05, 3.63) is 0 Å². The molecule has 2 aliphatic rings. The maximum Gasteiger partial charge on any atom is 0.238 e. The van der Waals surface area contributed by atoms with Crippen LogP contribution in [0.3, 0.4) is 0 Å². The number of hydrogen-bond donors (Lipinski definition) is 2. The van der Waals surface area contributed by atoms with E-state index in [0.29, 0.717) is 6.54 Å². The molecule has 5 nitrogen and oxygen atoms in total. The van der Waals surface area contributed by atoms with Gasteiger partial charge in [0.15, 0.2) is 0 Å². The van der Waals surface area contributed by atoms with Crippen molar-refractivity contribution < 1.29 is 4.79 Å². The van der Waals surface area contributed by atoms with Gasteiger partial charge in [-0.15, -0.1) is 0 Å². The Bertz CT molecular complexity index is 346. The fourth-order valence-electron chi connectivity index (χ4n) is 3.84. The fourth-order valence-corrected chi connectivity index (χ4v) is 3.84. The van der Waals surface area contributed by atoms with E-state index >= 15 is 0 Å². The lowest BCUT2D eigenvalue weighted by Gasteiger charge is -2.41. The molecule has 3 N–H and O–H groups in total. The summed E-state index contributed by atoms with van der Waals surface area (Å²) in [6.45, 7) is 11.1. The number of amides is 1. The first-order chi connectivity index (χ1) is 9.90. The van der Waals surface area contributed by atoms with Crippen LogP contribution < -0.4 is 11.1 Å². The topological polar surface area (TPSA) is 61.6 Å². The molecule has 0 aromatic carbocycles. The van der Waals surface area contributed by atoms with E-state index in [1.807, 2.05) is 6.92 Å². The number of carbonyl (C=O) groups excluding carboxylic acids is 1. The molecule has 0 aromatic heterocycles. The van der Waals surface area contributed by atoms with Gasteiger partial charge in [0.25, 0.3) is 0 Å². The summed E-state index contributed by atoms with van der Waals surface area (Å²) in [5, 5.41) is 3.34. The minimum atomic E-state index is -0.635. The van der Waals surface area contributed by atoms with Gasteiger partial charge in [-0.05, 0) is 33.6 Å². The monoisotopic (exact) mass is 296 g/mol. The van der Waals surface area contributed by atoms with Gasteiger partial charge < -0.3 is 11.1 Å². The molecular formula is C16H32N4O. The first-order valence-electron chi connectivity index (χ1n) is 8.45. The quantitative estimate of drug-likeness (QED) is 0.761. The molecule has 2 rings (SSSR count). The van der Waals surface area contributed by atoms with E-state index in [1.54, 1.807) is 0 Å². The molecule has 122 valence electrons. The van der Waals surface area contributed by atoms with E-state index in [4.69, 9.17) is 5.73 Å². The van der Waals surface area contributed by atoms with E-state index < -0.39 is 5.54 Å². The van der Waals surface area contributed by atoms with Crippen LogP contribution in [0.15, 0.2) is 0 Å². The molecule has 21 heavy (non-hydrogen) atoms. The Morgan fingerprint density at radius 1 is 1.24 bits per heavy atom. The molecule has 1 saturated heterocycles. The Hall–Kier alpha value is -0.650. The third kappa shape index (κ3) is 4.41. The van der Waals surface area contributed by atoms with Gasteiger partial charge in [-0.3, -0.25) is 14.6 Å². The highest BCUT2D eigenvalue weighted by Crippen LogP contribution is 2.24. The number of nitrogens with one attached hydrogen (secondary N) is 1. The number of carbonyl (C=O) groups is 1. The summed E-state index contributed by atoms with van der Waals surface area (Å²) < 4.78 is 0. The lowest BCUT2D eigenvalue weighted by atomic mass is 9.99. The Labute approximate surface area is 129 Å². The van der Waals surface area contributed by atoms with E-state index in [-0.39, 0.29) is 11.9 Å². The molecule has 0 radical (unpaired) electrons. The second-order valence-corrected chi connectivity index (χ2v) is 7.25. The Morgan fingerprint density at radius 2 is 1.81 bits per heavy atom. The molecule has 1 unspecified atom stereocenters. The van der Waals surface area contributed by atoms with Crippen LogP contribution in [0.4, 0.5) is 0 Å². The number of rotatable bonds is 6. The average molecular weight is 296 g/mol. The standard InChI is InChI=1S/C16H32N4O/c1-13(2)18-16(3,15(17)21)12-19-8-10-20(11-9-19)14-6-4-5-7-14/h13-14,18H,4-12H2,1-3H3,(H2,17,21). The molecule has 1 heterocycles. The van der Waals surface area contributed by atoms with Gasteiger partial charge in [-0.1, -0.05) is 12.8 Å². The zero-order valence-corrected chi connectivity index (χ0v) is 13.9. The minimum absolute atomic E-state index is 0.252. The van der Waals surface area contributed by atoms with Gasteiger partial charge in [0.1, 0.15) is 5.54 Å². The van der Waals surface area contributed by atoms with Crippen LogP contribution in [0.1, 0.15) is 46.5 Å². The van der Waals surface area contributed by atoms with Crippen LogP contribution in [-0.2, 0) is 4.79 Å². The van der Waals surface area contributed by atoms with Crippen LogP contribution in [0.2, 0.25) is 0 Å². The normalized spacial score (nSPS) is 25.3. The van der Waals surface area contributed by atoms with E-state index in [2.05, 4.69) is 29.0 Å². The molecule has 0 bridgehead atoms. The van der Waals surface area contributed by atoms with Crippen LogP contribution in [0.25, 0.3) is 0 Å². The Morgan fingerprint density at radius 3 is 2.29 bits per heavy atom. The number of primary amides is 1. The second-order valence-electron chi connectivity index (χ2n) is 7.25. The van der Waals surface area contributed by atoms with Crippen molar-refractivity contribution in [2.75, 3.05) is 32.7 Å². The summed E-state index contributed by atoms with van der Waals surface area (Å²) in [7, 11) is 0. The molecule has 1 aliphatic carbocycles. The maximum atomic E-state index is 11.8. The summed E-state index contributed by atoms with van der Waals surface area (Å²) in [5.74, 6) is -0.255. The third-order valence-electron chi connectivity index (χ3n) is 4.94. The highest BCUT2D eigenvalue weighted by molar-refractivity contribution is 5.84. The van der Waals surface area contributed by atoms with Crippen molar-refractivity contribution in [3.8, 4) is 0 Å². The molecule has 0 aromatic rings. The summed E-state index contributed by atoms with van der Waals surface area (Å²) in [6, 6.07) is 1.06. The van der Waals surface area contributed by atoms with Crippen LogP contribution in [0.5, 0.6) is 0 Å². The average Bonchev–Trinajstić information content (AvgIpc) is 2.92. The van der Waals surface area contributed by atoms with Gasteiger partial charge in [-0.25, -0.2) is 0 Å². The van der Waals surface area contributed by atoms with Crippen molar-refractivity contribution in [2.24, 2.45) is 5.73 Å². The van der Waals surface area contributed by atoms with Crippen LogP contribution in [0, 0.1) is 0 Å². The van der Waals surface area contributed by atoms with Crippen molar-refractivity contribution in [1.29, 1.82) is 0 Å². The predicted molar refractivity (Wildman–Crippen MR) is 86.1 cm³/mol. The molecule has 1 atom stereocenters. The van der Waals surface area contributed by atoms with Crippen molar-refractivity contribution >= 4 is 5.91 Å². The Balaban J connectivity index is 1.84. The largest absolute Gasteiger partial charge is 0.368 e. The third-order valence-corrected chi connectivity index (χ3v) is 4.94. The molecule has 1 aliphatic heterocycles. The highest BCUT2D eigenvalue weighted by Gasteiger charge is 2.35. The van der Waals surface area contributed by atoms with E-state index in [0.717, 1.165) is 32.2 Å². The highest BCUT2D eigenvalue weighted by atomic mass is 16.1. The van der Waals surface area contributed by atoms with Crippen molar-refractivity contribution in [1.82, 2.24) is 15.1 Å². The summed E-state index contributed by atoms with van der Waals surface area (Å²) in [4.78, 5) is 16.8. The molecule has 2 fully saturated rings. The maximum absolute atomic E-state index is 11.8. The molecule has 1 saturated carbocycles. The molecule has 1 amide bonds. The van der Waals surface area contributed by atoms with Gasteiger partial charge >= 0.3 is 0 Å². The van der Waals surface area contributed by atoms with Crippen molar-refractivity contribution in [2.45, 2.75) is 64.1 Å². The van der Waals surface area contributed by atoms with Gasteiger partial charge in [0.05, 0.1) is 0 Å². The smallest absolute Gasteiger partial charge is 0.238 e. The minimum Gasteiger partial charge on any atom is -0.368 e. The first-order valence-corrected chi connectivity index (χ1v) is 8.45. The molecular weight excluding hydrogens is 264 g/mol. The van der Waals surface area contributed by atoms with Crippen molar-refractivity contribution in [3.63, 3.8) is 0 Å².